The molecule has 0 saturated carbocycles. The largest absolute Gasteiger partial charge is 0.507 e. The van der Waals surface area contributed by atoms with Crippen molar-refractivity contribution in [3.63, 3.8) is 0 Å². The van der Waals surface area contributed by atoms with Gasteiger partial charge in [-0.3, -0.25) is 9.97 Å². The number of rotatable bonds is 6. The molecule has 0 fully saturated rings. The van der Waals surface area contributed by atoms with Gasteiger partial charge in [0.1, 0.15) is 16.9 Å². The van der Waals surface area contributed by atoms with Gasteiger partial charge in [-0.1, -0.05) is 144 Å². The number of phenolic OH excluding ortho intramolecular Hbond substituents is 1. The second-order valence-electron chi connectivity index (χ2n) is 18.4. The Balaban J connectivity index is 0.00000504. The molecule has 6 heteroatoms. The molecule has 0 saturated heterocycles. The maximum absolute atomic E-state index is 11.1. The van der Waals surface area contributed by atoms with Crippen molar-refractivity contribution in [3.8, 4) is 71.5 Å². The van der Waals surface area contributed by atoms with E-state index in [-0.39, 0.29) is 37.6 Å². The van der Waals surface area contributed by atoms with Gasteiger partial charge in [0, 0.05) is 75.0 Å². The van der Waals surface area contributed by atoms with Crippen LogP contribution in [-0.4, -0.2) is 15.1 Å². The Morgan fingerprint density at radius 1 is 0.492 bits per heavy atom. The zero-order valence-electron chi connectivity index (χ0n) is 36.4. The van der Waals surface area contributed by atoms with Gasteiger partial charge in [0.2, 0.25) is 0 Å². The monoisotopic (exact) mass is 1020 g/mol. The molecular weight excluding hydrogens is 972 g/mol. The summed E-state index contributed by atoms with van der Waals surface area (Å²) in [4.78, 5) is 12.7. The Hall–Kier alpha value is -6.13. The smallest absolute Gasteiger partial charge is 0.136 e. The first-order valence-corrected chi connectivity index (χ1v) is 22.0. The first-order chi connectivity index (χ1) is 29.8. The Morgan fingerprint density at radius 3 is 1.73 bits per heavy atom. The van der Waals surface area contributed by atoms with Gasteiger partial charge in [0.05, 0.1) is 5.69 Å². The van der Waals surface area contributed by atoms with Crippen LogP contribution in [0.3, 0.4) is 0 Å². The molecule has 63 heavy (non-hydrogen) atoms. The fourth-order valence-electron chi connectivity index (χ4n) is 8.42. The zero-order valence-corrected chi connectivity index (χ0v) is 39.5. The minimum absolute atomic E-state index is 0. The first-order valence-electron chi connectivity index (χ1n) is 21.2. The molecule has 0 amide bonds. The van der Waals surface area contributed by atoms with E-state index in [0.29, 0.717) is 11.3 Å². The summed E-state index contributed by atoms with van der Waals surface area (Å²) in [7, 11) is 0. The van der Waals surface area contributed by atoms with Crippen LogP contribution in [0.5, 0.6) is 5.75 Å². The molecule has 6 aromatic carbocycles. The van der Waals surface area contributed by atoms with Crippen LogP contribution in [0.25, 0.3) is 98.5 Å². The number of benzene rings is 6. The number of pyridine rings is 2. The Kier molecular flexibility index (Phi) is 10.9. The number of aromatic nitrogens is 2. The van der Waals surface area contributed by atoms with Gasteiger partial charge in [0.25, 0.3) is 0 Å². The molecule has 0 unspecified atom stereocenters. The predicted molar refractivity (Wildman–Crippen MR) is 260 cm³/mol. The van der Waals surface area contributed by atoms with Gasteiger partial charge in [-0.2, -0.15) is 0 Å². The van der Waals surface area contributed by atoms with E-state index in [4.69, 9.17) is 14.4 Å². The molecule has 0 aliphatic carbocycles. The molecule has 314 valence electrons. The fourth-order valence-corrected chi connectivity index (χ4v) is 9.68. The number of para-hydroxylation sites is 2. The molecule has 4 nitrogen and oxygen atoms in total. The number of aromatic hydroxyl groups is 1. The third-order valence-electron chi connectivity index (χ3n) is 11.8. The van der Waals surface area contributed by atoms with E-state index in [1.54, 1.807) is 17.4 Å². The van der Waals surface area contributed by atoms with E-state index in [2.05, 4.69) is 170 Å². The van der Waals surface area contributed by atoms with Gasteiger partial charge in [0.15, 0.2) is 0 Å². The summed E-state index contributed by atoms with van der Waals surface area (Å²) in [5.41, 5.74) is 14.3. The van der Waals surface area contributed by atoms with Gasteiger partial charge in [-0.05, 0) is 93.6 Å². The number of nitrogens with zero attached hydrogens (tertiary/aromatic N) is 2. The molecule has 0 radical (unpaired) electrons. The average molecular weight is 1020 g/mol. The molecule has 10 rings (SSSR count). The SMILES string of the molecule is Cc1cc(-c2sc(-c3ccc4c(c3)oc3ccccc34)c3ccccc23)cc(-c2[c-]c(-c3cc(-c4cc(C(C)(C)C)cc(C(C)(C)C)c4)cc(-c4ccccc4O)n3)ccc2)n1.[Pt]. The summed E-state index contributed by atoms with van der Waals surface area (Å²) in [6, 6.07) is 56.4. The molecule has 4 aromatic heterocycles. The van der Waals surface area contributed by atoms with Crippen LogP contribution < -0.4 is 0 Å². The summed E-state index contributed by atoms with van der Waals surface area (Å²) in [5, 5.41) is 15.7. The fraction of sp³-hybridized carbons (Fsp3) is 0.158. The van der Waals surface area contributed by atoms with Gasteiger partial charge in [-0.25, -0.2) is 0 Å². The average Bonchev–Trinajstić information content (AvgIpc) is 3.84. The summed E-state index contributed by atoms with van der Waals surface area (Å²) >= 11 is 1.80. The number of aryl methyl sites for hydroxylation is 1. The zero-order chi connectivity index (χ0) is 42.9. The third-order valence-corrected chi connectivity index (χ3v) is 13.1. The molecule has 0 bridgehead atoms. The van der Waals surface area contributed by atoms with Crippen molar-refractivity contribution >= 4 is 44.0 Å². The molecule has 0 atom stereocenters. The molecule has 0 aliphatic heterocycles. The molecular formula is C57H47N2O2PtS-. The minimum atomic E-state index is -0.0467. The second-order valence-corrected chi connectivity index (χ2v) is 19.4. The van der Waals surface area contributed by atoms with Gasteiger partial charge >= 0.3 is 0 Å². The van der Waals surface area contributed by atoms with Crippen molar-refractivity contribution in [2.45, 2.75) is 59.3 Å². The topological polar surface area (TPSA) is 59.2 Å². The number of thiophene rings is 1. The number of hydrogen-bond donors (Lipinski definition) is 1. The number of furan rings is 1. The minimum Gasteiger partial charge on any atom is -0.507 e. The predicted octanol–water partition coefficient (Wildman–Crippen LogP) is 16.0. The maximum Gasteiger partial charge on any atom is 0.136 e. The van der Waals surface area contributed by atoms with E-state index in [0.717, 1.165) is 72.4 Å². The summed E-state index contributed by atoms with van der Waals surface area (Å²) < 4.78 is 6.31. The van der Waals surface area contributed by atoms with Gasteiger partial charge in [-0.15, -0.1) is 35.6 Å². The van der Waals surface area contributed by atoms with Crippen LogP contribution in [0.4, 0.5) is 0 Å². The van der Waals surface area contributed by atoms with Crippen molar-refractivity contribution in [1.82, 2.24) is 9.97 Å². The third kappa shape index (κ3) is 8.05. The van der Waals surface area contributed by atoms with E-state index < -0.39 is 0 Å². The van der Waals surface area contributed by atoms with E-state index in [9.17, 15) is 5.11 Å². The van der Waals surface area contributed by atoms with Crippen LogP contribution in [0.2, 0.25) is 0 Å². The van der Waals surface area contributed by atoms with Crippen LogP contribution in [0.1, 0.15) is 58.4 Å². The van der Waals surface area contributed by atoms with E-state index in [1.807, 2.05) is 30.3 Å². The molecule has 1 N–H and O–H groups in total. The molecule has 4 heterocycles. The van der Waals surface area contributed by atoms with Crippen LogP contribution in [-0.2, 0) is 31.9 Å². The van der Waals surface area contributed by atoms with Crippen molar-refractivity contribution in [3.05, 3.63) is 175 Å². The van der Waals surface area contributed by atoms with Crippen molar-refractivity contribution < 1.29 is 30.6 Å². The quantitative estimate of drug-likeness (QED) is 0.169. The summed E-state index contributed by atoms with van der Waals surface area (Å²) in [6.07, 6.45) is 0. The van der Waals surface area contributed by atoms with Crippen LogP contribution in [0.15, 0.2) is 156 Å². The molecule has 10 aromatic rings. The number of phenols is 1. The van der Waals surface area contributed by atoms with Crippen LogP contribution in [0, 0.1) is 13.0 Å². The van der Waals surface area contributed by atoms with Crippen molar-refractivity contribution in [1.29, 1.82) is 0 Å². The summed E-state index contributed by atoms with van der Waals surface area (Å²) in [6.45, 7) is 15.6. The van der Waals surface area contributed by atoms with Gasteiger partial charge < -0.3 is 9.52 Å². The molecule has 0 aliphatic rings. The number of fused-ring (bicyclic) bond motifs is 4. The first kappa shape index (κ1) is 42.2. The number of hydrogen-bond acceptors (Lipinski definition) is 5. The Morgan fingerprint density at radius 2 is 1.05 bits per heavy atom. The standard InChI is InChI=1S/C57H47N2O2S.Pt/c1-34-25-40(55-46-19-9-8-18-45(46)54(62-55)37-23-24-44-43-17-11-13-22-52(43)61-53(44)32-37)31-48(58-34)35-15-14-16-36(26-35)49-29-39(30-50(59-49)47-20-10-12-21-51(47)60)38-27-41(56(2,3)4)33-42(28-38)57(5,6)7;/h8-25,27-33,60H,1-7H3;/q-1;. The molecule has 0 spiro atoms. The van der Waals surface area contributed by atoms with E-state index in [1.165, 1.54) is 31.7 Å². The van der Waals surface area contributed by atoms with Crippen molar-refractivity contribution in [2.24, 2.45) is 0 Å². The van der Waals surface area contributed by atoms with Crippen LogP contribution >= 0.6 is 11.3 Å². The summed E-state index contributed by atoms with van der Waals surface area (Å²) in [5.74, 6) is 0.190. The normalized spacial score (nSPS) is 12.0. The Bertz CT molecular complexity index is 3330. The van der Waals surface area contributed by atoms with Crippen molar-refractivity contribution in [2.75, 3.05) is 0 Å². The second kappa shape index (κ2) is 16.2. The van der Waals surface area contributed by atoms with E-state index >= 15 is 0 Å². The Labute approximate surface area is 387 Å². The maximum atomic E-state index is 11.1.